The number of rotatable bonds is 10. The van der Waals surface area contributed by atoms with Gasteiger partial charge in [0.25, 0.3) is 0 Å². The van der Waals surface area contributed by atoms with Gasteiger partial charge in [0.15, 0.2) is 11.5 Å². The number of morpholine rings is 1. The fourth-order valence-corrected chi connectivity index (χ4v) is 11.4. The van der Waals surface area contributed by atoms with Crippen molar-refractivity contribution in [2.24, 2.45) is 5.92 Å². The van der Waals surface area contributed by atoms with E-state index >= 15 is 14.4 Å². The smallest absolute Gasteiger partial charge is 0.324 e. The Bertz CT molecular complexity index is 3220. The maximum absolute atomic E-state index is 16.1. The van der Waals surface area contributed by atoms with E-state index < -0.39 is 47.4 Å². The molecule has 1 aromatic heterocycles. The van der Waals surface area contributed by atoms with Gasteiger partial charge in [-0.15, -0.1) is 5.10 Å². The predicted molar refractivity (Wildman–Crippen MR) is 261 cm³/mol. The molecule has 356 valence electrons. The summed E-state index contributed by atoms with van der Waals surface area (Å²) in [5.74, 6) is 5.99. The van der Waals surface area contributed by atoms with Crippen molar-refractivity contribution in [1.29, 1.82) is 0 Å². The highest BCUT2D eigenvalue weighted by atomic mass is 16.7. The summed E-state index contributed by atoms with van der Waals surface area (Å²) in [7, 11) is 0. The first-order valence-corrected chi connectivity index (χ1v) is 23.9. The first-order chi connectivity index (χ1) is 34.9. The van der Waals surface area contributed by atoms with E-state index in [0.717, 1.165) is 33.5 Å². The van der Waals surface area contributed by atoms with Crippen LogP contribution in [-0.4, -0.2) is 105 Å². The quantitative estimate of drug-likeness (QED) is 0.118. The maximum Gasteiger partial charge on any atom is 0.324 e. The van der Waals surface area contributed by atoms with Crippen molar-refractivity contribution in [3.8, 4) is 29.1 Å². The van der Waals surface area contributed by atoms with Crippen LogP contribution in [0.25, 0.3) is 11.0 Å². The Labute approximate surface area is 409 Å². The van der Waals surface area contributed by atoms with Gasteiger partial charge in [-0.05, 0) is 82.4 Å². The molecule has 6 heterocycles. The van der Waals surface area contributed by atoms with E-state index in [2.05, 4.69) is 37.3 Å². The Morgan fingerprint density at radius 3 is 2.32 bits per heavy atom. The fourth-order valence-electron chi connectivity index (χ4n) is 11.4. The molecule has 2 amide bonds. The Morgan fingerprint density at radius 1 is 0.789 bits per heavy atom. The van der Waals surface area contributed by atoms with Crippen LogP contribution in [0, 0.1) is 17.8 Å². The van der Waals surface area contributed by atoms with Gasteiger partial charge in [0, 0.05) is 44.0 Å². The first-order valence-electron chi connectivity index (χ1n) is 23.9. The highest BCUT2D eigenvalue weighted by molar-refractivity contribution is 6.12. The topological polar surface area (TPSA) is 161 Å². The molecule has 2 N–H and O–H groups in total. The number of cyclic esters (lactones) is 1. The standard InChI is InChI=1S/C56H49N7O8/c64-30-31-68-41-21-19-40(20-22-41)52-56(42-32-36(17-23-43(42)57-55(56)67)10-9-25-62-45-16-8-7-15-44(45)58-59-62)48(53(65)61-28-26-60(27-29-61)34-37-18-24-46-47(33-37)70-35-69-46)50-54(66)71-51(39-13-5-2-6-14-39)49(63(50)52)38-11-3-1-4-12-38/h1-8,11-24,32-33,48-52,64H,25-31,34-35H2,(H,57,67)/t48-,49-,50-,51+,52+,56-/m1/s1. The third kappa shape index (κ3) is 7.71. The molecule has 5 aliphatic heterocycles. The summed E-state index contributed by atoms with van der Waals surface area (Å²) in [5.41, 5.74) is 5.02. The summed E-state index contributed by atoms with van der Waals surface area (Å²) >= 11 is 0. The highest BCUT2D eigenvalue weighted by Gasteiger charge is 2.74. The second kappa shape index (κ2) is 18.4. The summed E-state index contributed by atoms with van der Waals surface area (Å²) < 4.78 is 25.4. The molecule has 0 aliphatic carbocycles. The van der Waals surface area contributed by atoms with Gasteiger partial charge in [0.05, 0.1) is 30.1 Å². The molecule has 5 aliphatic rings. The number of anilines is 1. The molecule has 12 rings (SSSR count). The van der Waals surface area contributed by atoms with E-state index in [9.17, 15) is 5.11 Å². The number of aliphatic hydroxyl groups excluding tert-OH is 1. The van der Waals surface area contributed by atoms with Crippen LogP contribution in [0.3, 0.4) is 0 Å². The van der Waals surface area contributed by atoms with E-state index in [1.807, 2.05) is 138 Å². The Hall–Kier alpha value is -8.03. The average molecular weight is 948 g/mol. The summed E-state index contributed by atoms with van der Waals surface area (Å²) in [6.45, 7) is 2.87. The van der Waals surface area contributed by atoms with E-state index in [0.29, 0.717) is 66.6 Å². The normalized spacial score (nSPS) is 23.5. The van der Waals surface area contributed by atoms with Gasteiger partial charge < -0.3 is 34.3 Å². The van der Waals surface area contributed by atoms with Crippen molar-refractivity contribution in [1.82, 2.24) is 29.7 Å². The number of para-hydroxylation sites is 1. The molecule has 1 spiro atoms. The van der Waals surface area contributed by atoms with Crippen LogP contribution in [0.4, 0.5) is 5.69 Å². The molecule has 3 saturated heterocycles. The van der Waals surface area contributed by atoms with Gasteiger partial charge in [-0.25, -0.2) is 4.68 Å². The van der Waals surface area contributed by atoms with Crippen LogP contribution >= 0.6 is 0 Å². The number of fused-ring (bicyclic) bond motifs is 5. The van der Waals surface area contributed by atoms with Gasteiger partial charge in [-0.1, -0.05) is 108 Å². The number of nitrogens with zero attached hydrogens (tertiary/aromatic N) is 6. The van der Waals surface area contributed by atoms with Gasteiger partial charge in [0.2, 0.25) is 18.6 Å². The summed E-state index contributed by atoms with van der Waals surface area (Å²) in [6.07, 6.45) is -0.809. The molecule has 15 heteroatoms. The zero-order valence-electron chi connectivity index (χ0n) is 38.6. The molecule has 7 aromatic rings. The van der Waals surface area contributed by atoms with Crippen LogP contribution in [-0.2, 0) is 37.6 Å². The average Bonchev–Trinajstić information content (AvgIpc) is 4.20. The van der Waals surface area contributed by atoms with Crippen molar-refractivity contribution in [2.45, 2.75) is 42.7 Å². The lowest BCUT2D eigenvalue weighted by Gasteiger charge is -2.46. The van der Waals surface area contributed by atoms with E-state index in [4.69, 9.17) is 18.9 Å². The number of carbonyl (C=O) groups is 3. The molecule has 0 bridgehead atoms. The lowest BCUT2D eigenvalue weighted by molar-refractivity contribution is -0.179. The van der Waals surface area contributed by atoms with Crippen LogP contribution in [0.1, 0.15) is 51.6 Å². The number of hydrogen-bond acceptors (Lipinski definition) is 12. The molecule has 0 unspecified atom stereocenters. The monoisotopic (exact) mass is 947 g/mol. The SMILES string of the molecule is O=C1O[C@@H](c2ccccc2)[C@@H](c2ccccc2)N2[C@@H](c3ccc(OCCO)cc3)[C@]3(C(=O)Nc4ccc(C#CCn5nnc6ccccc65)cc43)[C@@H](C(=O)N3CCN(Cc4ccc5c(c4)OCO5)CC3)[C@H]12. The minimum absolute atomic E-state index is 0.0921. The van der Waals surface area contributed by atoms with E-state index in [1.54, 1.807) is 16.8 Å². The lowest BCUT2D eigenvalue weighted by Crippen LogP contribution is -2.58. The number of nitrogens with one attached hydrogen (secondary N) is 1. The van der Waals surface area contributed by atoms with Crippen LogP contribution in [0.15, 0.2) is 146 Å². The highest BCUT2D eigenvalue weighted by Crippen LogP contribution is 2.65. The molecule has 0 saturated carbocycles. The number of benzene rings is 6. The van der Waals surface area contributed by atoms with Crippen LogP contribution < -0.4 is 19.5 Å². The third-order valence-electron chi connectivity index (χ3n) is 14.5. The largest absolute Gasteiger partial charge is 0.491 e. The second-order valence-corrected chi connectivity index (χ2v) is 18.4. The van der Waals surface area contributed by atoms with Gasteiger partial charge >= 0.3 is 5.97 Å². The van der Waals surface area contributed by atoms with Crippen molar-refractivity contribution < 1.29 is 38.4 Å². The number of piperazine rings is 1. The van der Waals surface area contributed by atoms with Crippen molar-refractivity contribution in [2.75, 3.05) is 51.5 Å². The number of hydrogen-bond donors (Lipinski definition) is 2. The molecule has 15 nitrogen and oxygen atoms in total. The maximum atomic E-state index is 16.1. The van der Waals surface area contributed by atoms with E-state index in [-0.39, 0.29) is 32.5 Å². The van der Waals surface area contributed by atoms with Crippen LogP contribution in [0.5, 0.6) is 17.2 Å². The number of ether oxygens (including phenoxy) is 4. The molecule has 71 heavy (non-hydrogen) atoms. The first kappa shape index (κ1) is 44.2. The van der Waals surface area contributed by atoms with Gasteiger partial charge in [-0.3, -0.25) is 24.2 Å². The second-order valence-electron chi connectivity index (χ2n) is 18.4. The molecule has 3 fully saturated rings. The zero-order valence-corrected chi connectivity index (χ0v) is 38.6. The lowest BCUT2D eigenvalue weighted by atomic mass is 9.65. The number of carbonyl (C=O) groups excluding carboxylic acids is 3. The number of aliphatic hydroxyl groups is 1. The van der Waals surface area contributed by atoms with E-state index in [1.165, 1.54) is 0 Å². The molecule has 6 atom stereocenters. The summed E-state index contributed by atoms with van der Waals surface area (Å²) in [5, 5.41) is 21.4. The Morgan fingerprint density at radius 2 is 1.54 bits per heavy atom. The number of aromatic nitrogens is 3. The summed E-state index contributed by atoms with van der Waals surface area (Å²) in [6, 6.07) is 43.4. The Kier molecular flexibility index (Phi) is 11.4. The fraction of sp³-hybridized carbons (Fsp3) is 0.268. The molecular formula is C56H49N7O8. The van der Waals surface area contributed by atoms with Crippen molar-refractivity contribution >= 4 is 34.5 Å². The van der Waals surface area contributed by atoms with Gasteiger partial charge in [0.1, 0.15) is 42.0 Å². The molecular weight excluding hydrogens is 899 g/mol. The third-order valence-corrected chi connectivity index (χ3v) is 14.5. The molecule has 6 aromatic carbocycles. The minimum atomic E-state index is -1.69. The van der Waals surface area contributed by atoms with Crippen molar-refractivity contribution in [3.05, 3.63) is 179 Å². The summed E-state index contributed by atoms with van der Waals surface area (Å²) in [4.78, 5) is 53.6. The molecule has 0 radical (unpaired) electrons. The van der Waals surface area contributed by atoms with Crippen molar-refractivity contribution in [3.63, 3.8) is 0 Å². The number of amides is 2. The Balaban J connectivity index is 1.00. The minimum Gasteiger partial charge on any atom is -0.491 e. The zero-order chi connectivity index (χ0) is 48.1. The predicted octanol–water partition coefficient (Wildman–Crippen LogP) is 6.20. The van der Waals surface area contributed by atoms with Gasteiger partial charge in [-0.2, -0.15) is 0 Å². The number of esters is 1. The van der Waals surface area contributed by atoms with Crippen LogP contribution in [0.2, 0.25) is 0 Å².